The van der Waals surface area contributed by atoms with Crippen LogP contribution in [-0.4, -0.2) is 65.6 Å². The second kappa shape index (κ2) is 9.11. The largest absolute Gasteiger partial charge is 0.495 e. The summed E-state index contributed by atoms with van der Waals surface area (Å²) in [6.07, 6.45) is 3.90. The van der Waals surface area contributed by atoms with Crippen LogP contribution >= 0.6 is 0 Å². The van der Waals surface area contributed by atoms with E-state index in [1.54, 1.807) is 25.3 Å². The number of hydrogen-bond acceptors (Lipinski definition) is 7. The quantitative estimate of drug-likeness (QED) is 0.604. The first-order valence-electron chi connectivity index (χ1n) is 12.1. The Balaban J connectivity index is 1.54. The van der Waals surface area contributed by atoms with Crippen molar-refractivity contribution in [3.63, 3.8) is 0 Å². The van der Waals surface area contributed by atoms with E-state index in [2.05, 4.69) is 22.0 Å². The second-order valence-electron chi connectivity index (χ2n) is 9.92. The minimum atomic E-state index is -3.90. The summed E-state index contributed by atoms with van der Waals surface area (Å²) in [6.45, 7) is 1.74. The number of likely N-dealkylation sites (N-methyl/N-ethyl adjacent to an activating group) is 1. The van der Waals surface area contributed by atoms with E-state index >= 15 is 0 Å². The normalized spacial score (nSPS) is 23.6. The number of Topliss-reactive ketones (excluding diaryl/α,β-unsaturated/α-hetero) is 1. The molecule has 5 rings (SSSR count). The summed E-state index contributed by atoms with van der Waals surface area (Å²) >= 11 is 0. The average Bonchev–Trinajstić information content (AvgIpc) is 3.12. The third kappa shape index (κ3) is 4.19. The van der Waals surface area contributed by atoms with Crippen LogP contribution in [0.4, 0.5) is 11.4 Å². The molecule has 2 unspecified atom stereocenters. The molecule has 2 N–H and O–H groups in total. The number of sulfonamides is 1. The van der Waals surface area contributed by atoms with E-state index in [1.165, 1.54) is 13.2 Å². The number of benzene rings is 2. The monoisotopic (exact) mass is 499 g/mol. The fraction of sp³-hybridized carbons (Fsp3) is 0.500. The zero-order valence-corrected chi connectivity index (χ0v) is 21.3. The van der Waals surface area contributed by atoms with Crippen molar-refractivity contribution < 1.29 is 22.7 Å². The predicted octanol–water partition coefficient (Wildman–Crippen LogP) is 3.17. The lowest BCUT2D eigenvalue weighted by molar-refractivity contribution is -0.125. The SMILES string of the molecule is COc1ccccc1S(=O)(=O)Nc1cc(NC2CCN(C)CC2OC)c2c(c1)C1(CCC1)C(=O)C2. The number of ketones is 1. The molecule has 9 heteroatoms. The summed E-state index contributed by atoms with van der Waals surface area (Å²) in [5, 5.41) is 3.63. The molecule has 0 radical (unpaired) electrons. The molecule has 1 aliphatic heterocycles. The number of anilines is 2. The Morgan fingerprint density at radius 3 is 2.60 bits per heavy atom. The lowest BCUT2D eigenvalue weighted by atomic mass is 9.64. The van der Waals surface area contributed by atoms with Gasteiger partial charge in [-0.05, 0) is 68.2 Å². The smallest absolute Gasteiger partial charge is 0.265 e. The average molecular weight is 500 g/mol. The number of piperidine rings is 1. The van der Waals surface area contributed by atoms with Gasteiger partial charge in [-0.25, -0.2) is 8.42 Å². The van der Waals surface area contributed by atoms with E-state index in [0.717, 1.165) is 55.6 Å². The number of ether oxygens (including phenoxy) is 2. The first-order chi connectivity index (χ1) is 16.8. The summed E-state index contributed by atoms with van der Waals surface area (Å²) in [6, 6.07) is 10.3. The molecule has 35 heavy (non-hydrogen) atoms. The Morgan fingerprint density at radius 2 is 1.91 bits per heavy atom. The van der Waals surface area contributed by atoms with Crippen molar-refractivity contribution in [2.75, 3.05) is 44.4 Å². The number of fused-ring (bicyclic) bond motifs is 2. The van der Waals surface area contributed by atoms with E-state index < -0.39 is 15.4 Å². The molecule has 0 aromatic heterocycles. The molecule has 8 nitrogen and oxygen atoms in total. The van der Waals surface area contributed by atoms with Crippen molar-refractivity contribution >= 4 is 27.2 Å². The topological polar surface area (TPSA) is 97.0 Å². The van der Waals surface area contributed by atoms with Crippen LogP contribution in [-0.2, 0) is 31.4 Å². The van der Waals surface area contributed by atoms with E-state index in [4.69, 9.17) is 9.47 Å². The number of likely N-dealkylation sites (tertiary alicyclic amines) is 1. The number of methoxy groups -OCH3 is 2. The van der Waals surface area contributed by atoms with Crippen molar-refractivity contribution in [1.29, 1.82) is 0 Å². The van der Waals surface area contributed by atoms with E-state index in [-0.39, 0.29) is 28.6 Å². The molecule has 1 heterocycles. The van der Waals surface area contributed by atoms with Crippen LogP contribution in [0.5, 0.6) is 5.75 Å². The lowest BCUT2D eigenvalue weighted by Crippen LogP contribution is -2.49. The standard InChI is InChI=1S/C26H33N3O5S/c1-29-12-9-20(23(16-29)34-3)27-21-14-17(13-19-18(21)15-25(30)26(19)10-6-11-26)28-35(31,32)24-8-5-4-7-22(24)33-2/h4-5,7-8,13-14,20,23,27-28H,6,9-12,15-16H2,1-3H3. The highest BCUT2D eigenvalue weighted by Crippen LogP contribution is 2.53. The molecule has 188 valence electrons. The van der Waals surface area contributed by atoms with Gasteiger partial charge in [-0.3, -0.25) is 9.52 Å². The highest BCUT2D eigenvalue weighted by Gasteiger charge is 2.51. The van der Waals surface area contributed by atoms with Gasteiger partial charge in [-0.15, -0.1) is 0 Å². The molecule has 2 atom stereocenters. The fourth-order valence-electron chi connectivity index (χ4n) is 5.76. The van der Waals surface area contributed by atoms with Gasteiger partial charge in [0, 0.05) is 25.8 Å². The number of carbonyl (C=O) groups is 1. The van der Waals surface area contributed by atoms with Gasteiger partial charge < -0.3 is 19.7 Å². The van der Waals surface area contributed by atoms with Gasteiger partial charge in [0.2, 0.25) is 0 Å². The number of nitrogens with one attached hydrogen (secondary N) is 2. The van der Waals surface area contributed by atoms with Gasteiger partial charge >= 0.3 is 0 Å². The molecule has 0 amide bonds. The third-order valence-corrected chi connectivity index (χ3v) is 9.28. The first kappa shape index (κ1) is 24.1. The van der Waals surface area contributed by atoms with Gasteiger partial charge in [0.25, 0.3) is 10.0 Å². The minimum absolute atomic E-state index is 0.00639. The van der Waals surface area contributed by atoms with Gasteiger partial charge in [-0.2, -0.15) is 0 Å². The van der Waals surface area contributed by atoms with E-state index in [1.807, 2.05) is 12.1 Å². The molecular formula is C26H33N3O5S. The van der Waals surface area contributed by atoms with Gasteiger partial charge in [0.15, 0.2) is 0 Å². The number of hydrogen-bond donors (Lipinski definition) is 2. The van der Waals surface area contributed by atoms with Crippen molar-refractivity contribution in [2.24, 2.45) is 0 Å². The summed E-state index contributed by atoms with van der Waals surface area (Å²) < 4.78 is 40.4. The molecule has 1 saturated heterocycles. The van der Waals surface area contributed by atoms with Crippen LogP contribution in [0.15, 0.2) is 41.3 Å². The number of para-hydroxylation sites is 1. The van der Waals surface area contributed by atoms with Gasteiger partial charge in [0.05, 0.1) is 30.4 Å². The summed E-state index contributed by atoms with van der Waals surface area (Å²) in [4.78, 5) is 15.4. The maximum atomic E-state index is 13.3. The first-order valence-corrected chi connectivity index (χ1v) is 13.6. The van der Waals surface area contributed by atoms with E-state index in [9.17, 15) is 13.2 Å². The second-order valence-corrected chi connectivity index (χ2v) is 11.6. The molecule has 1 spiro atoms. The summed E-state index contributed by atoms with van der Waals surface area (Å²) in [5.41, 5.74) is 2.72. The zero-order chi connectivity index (χ0) is 24.8. The molecule has 1 saturated carbocycles. The van der Waals surface area contributed by atoms with Gasteiger partial charge in [-0.1, -0.05) is 18.6 Å². The van der Waals surface area contributed by atoms with Crippen LogP contribution in [0.25, 0.3) is 0 Å². The summed E-state index contributed by atoms with van der Waals surface area (Å²) in [7, 11) is 1.34. The molecule has 2 aromatic rings. The molecule has 3 aliphatic rings. The maximum Gasteiger partial charge on any atom is 0.265 e. The van der Waals surface area contributed by atoms with Crippen molar-refractivity contribution in [3.8, 4) is 5.75 Å². The minimum Gasteiger partial charge on any atom is -0.495 e. The van der Waals surface area contributed by atoms with Crippen molar-refractivity contribution in [3.05, 3.63) is 47.5 Å². The Kier molecular flexibility index (Phi) is 6.27. The van der Waals surface area contributed by atoms with Crippen LogP contribution in [0.3, 0.4) is 0 Å². The molecule has 2 aliphatic carbocycles. The van der Waals surface area contributed by atoms with Crippen LogP contribution < -0.4 is 14.8 Å². The van der Waals surface area contributed by atoms with Crippen molar-refractivity contribution in [2.45, 2.75) is 54.6 Å². The van der Waals surface area contributed by atoms with Gasteiger partial charge in [0.1, 0.15) is 16.4 Å². The Labute approximate surface area is 207 Å². The highest BCUT2D eigenvalue weighted by atomic mass is 32.2. The molecule has 2 fully saturated rings. The zero-order valence-electron chi connectivity index (χ0n) is 20.5. The Hall–Kier alpha value is -2.62. The van der Waals surface area contributed by atoms with Crippen LogP contribution in [0.1, 0.15) is 36.8 Å². The molecule has 0 bridgehead atoms. The molecule has 2 aromatic carbocycles. The fourth-order valence-corrected chi connectivity index (χ4v) is 6.97. The predicted molar refractivity (Wildman–Crippen MR) is 135 cm³/mol. The van der Waals surface area contributed by atoms with Crippen LogP contribution in [0.2, 0.25) is 0 Å². The highest BCUT2D eigenvalue weighted by molar-refractivity contribution is 7.92. The maximum absolute atomic E-state index is 13.3. The summed E-state index contributed by atoms with van der Waals surface area (Å²) in [5.74, 6) is 0.512. The molecular weight excluding hydrogens is 466 g/mol. The van der Waals surface area contributed by atoms with E-state index in [0.29, 0.717) is 12.1 Å². The third-order valence-electron chi connectivity index (χ3n) is 7.86. The van der Waals surface area contributed by atoms with Crippen LogP contribution in [0, 0.1) is 0 Å². The van der Waals surface area contributed by atoms with Crippen molar-refractivity contribution in [1.82, 2.24) is 4.90 Å². The number of nitrogens with zero attached hydrogens (tertiary/aromatic N) is 1. The number of carbonyl (C=O) groups excluding carboxylic acids is 1. The Bertz CT molecular complexity index is 1240. The lowest BCUT2D eigenvalue weighted by Gasteiger charge is -2.39. The number of rotatable bonds is 7. The Morgan fingerprint density at radius 1 is 1.14 bits per heavy atom.